The zero-order valence-corrected chi connectivity index (χ0v) is 19.9. The number of urea groups is 1. The number of H-pyrrole nitrogens is 1. The molecule has 0 radical (unpaired) electrons. The van der Waals surface area contributed by atoms with Gasteiger partial charge in [-0.05, 0) is 42.7 Å². The van der Waals surface area contributed by atoms with Crippen molar-refractivity contribution in [1.82, 2.24) is 15.2 Å². The second-order valence-corrected chi connectivity index (χ2v) is 9.33. The van der Waals surface area contributed by atoms with Gasteiger partial charge in [-0.1, -0.05) is 60.7 Å². The van der Waals surface area contributed by atoms with Gasteiger partial charge in [-0.25, -0.2) is 9.69 Å². The first-order valence-corrected chi connectivity index (χ1v) is 12.2. The van der Waals surface area contributed by atoms with Crippen LogP contribution in [0.5, 0.6) is 0 Å². The van der Waals surface area contributed by atoms with Gasteiger partial charge in [0.15, 0.2) is 0 Å². The van der Waals surface area contributed by atoms with Crippen LogP contribution in [0, 0.1) is 0 Å². The van der Waals surface area contributed by atoms with E-state index in [2.05, 4.69) is 10.3 Å². The van der Waals surface area contributed by atoms with E-state index < -0.39 is 12.1 Å². The van der Waals surface area contributed by atoms with E-state index in [1.165, 1.54) is 4.90 Å². The van der Waals surface area contributed by atoms with Crippen molar-refractivity contribution in [2.75, 3.05) is 11.4 Å². The van der Waals surface area contributed by atoms with Gasteiger partial charge in [0.2, 0.25) is 0 Å². The highest BCUT2D eigenvalue weighted by Gasteiger charge is 2.52. The summed E-state index contributed by atoms with van der Waals surface area (Å²) in [6.07, 6.45) is 1.13. The number of para-hydroxylation sites is 2. The Hall–Kier alpha value is -4.39. The van der Waals surface area contributed by atoms with Crippen LogP contribution in [0.3, 0.4) is 0 Å². The molecular formula is C29H26N4O3. The molecule has 1 fully saturated rings. The average molecular weight is 479 g/mol. The molecule has 2 atom stereocenters. The van der Waals surface area contributed by atoms with Gasteiger partial charge < -0.3 is 15.2 Å². The Morgan fingerprint density at radius 1 is 0.972 bits per heavy atom. The third-order valence-corrected chi connectivity index (χ3v) is 7.26. The first-order valence-electron chi connectivity index (χ1n) is 12.2. The SMILES string of the molecule is C[C@@H]1c2[nH]c3ccccc3c2C[C@H]2C(=O)N(c3ccccc3C(=O)NCCc3ccccc3)C(=O)N12. The van der Waals surface area contributed by atoms with Crippen molar-refractivity contribution < 1.29 is 14.4 Å². The maximum atomic E-state index is 13.7. The van der Waals surface area contributed by atoms with E-state index in [1.54, 1.807) is 29.2 Å². The number of amides is 4. The number of aromatic amines is 1. The fourth-order valence-electron chi connectivity index (χ4n) is 5.50. The maximum Gasteiger partial charge on any atom is 0.332 e. The van der Waals surface area contributed by atoms with Crippen LogP contribution in [-0.2, 0) is 17.6 Å². The van der Waals surface area contributed by atoms with Crippen LogP contribution < -0.4 is 10.2 Å². The van der Waals surface area contributed by atoms with E-state index in [0.29, 0.717) is 30.6 Å². The standard InChI is InChI=1S/C29H26N4O3/c1-18-26-22(20-11-5-7-13-23(20)31-26)17-25-28(35)33(29(36)32(18)25)24-14-8-6-12-21(24)27(34)30-16-15-19-9-3-2-4-10-19/h2-14,18,25,31H,15-17H2,1H3,(H,30,34)/t18-,25+/m1/s1. The number of benzene rings is 3. The van der Waals surface area contributed by atoms with Crippen molar-refractivity contribution in [2.24, 2.45) is 0 Å². The number of fused-ring (bicyclic) bond motifs is 4. The van der Waals surface area contributed by atoms with Gasteiger partial charge in [-0.2, -0.15) is 0 Å². The molecule has 2 aliphatic heterocycles. The fraction of sp³-hybridized carbons (Fsp3) is 0.207. The number of carbonyl (C=O) groups is 3. The van der Waals surface area contributed by atoms with Gasteiger partial charge in [0, 0.05) is 29.6 Å². The molecule has 3 aromatic carbocycles. The third-order valence-electron chi connectivity index (χ3n) is 7.26. The maximum absolute atomic E-state index is 13.7. The van der Waals surface area contributed by atoms with Crippen LogP contribution in [0.25, 0.3) is 10.9 Å². The summed E-state index contributed by atoms with van der Waals surface area (Å²) in [7, 11) is 0. The smallest absolute Gasteiger partial charge is 0.332 e. The average Bonchev–Trinajstić information content (AvgIpc) is 3.40. The van der Waals surface area contributed by atoms with E-state index in [-0.39, 0.29) is 17.9 Å². The van der Waals surface area contributed by atoms with Crippen LogP contribution in [0.4, 0.5) is 10.5 Å². The Morgan fingerprint density at radius 3 is 2.53 bits per heavy atom. The minimum atomic E-state index is -0.603. The molecular weight excluding hydrogens is 452 g/mol. The molecule has 6 rings (SSSR count). The molecule has 0 saturated carbocycles. The Labute approximate surface area is 208 Å². The number of aromatic nitrogens is 1. The number of anilines is 1. The Kier molecular flexibility index (Phi) is 5.33. The molecule has 4 aromatic rings. The molecule has 0 unspecified atom stereocenters. The second kappa shape index (κ2) is 8.68. The molecule has 180 valence electrons. The van der Waals surface area contributed by atoms with E-state index in [4.69, 9.17) is 0 Å². The number of imide groups is 1. The molecule has 7 nitrogen and oxygen atoms in total. The zero-order valence-electron chi connectivity index (χ0n) is 19.9. The molecule has 0 aliphatic carbocycles. The van der Waals surface area contributed by atoms with Crippen molar-refractivity contribution in [3.63, 3.8) is 0 Å². The van der Waals surface area contributed by atoms with Crippen LogP contribution in [0.2, 0.25) is 0 Å². The molecule has 0 bridgehead atoms. The van der Waals surface area contributed by atoms with Crippen molar-refractivity contribution >= 4 is 34.4 Å². The molecule has 7 heteroatoms. The zero-order chi connectivity index (χ0) is 24.8. The number of hydrogen-bond donors (Lipinski definition) is 2. The third kappa shape index (κ3) is 3.47. The van der Waals surface area contributed by atoms with Gasteiger partial charge in [0.1, 0.15) is 6.04 Å². The summed E-state index contributed by atoms with van der Waals surface area (Å²) < 4.78 is 0. The van der Waals surface area contributed by atoms with E-state index in [9.17, 15) is 14.4 Å². The van der Waals surface area contributed by atoms with E-state index in [0.717, 1.165) is 27.7 Å². The first kappa shape index (κ1) is 22.1. The van der Waals surface area contributed by atoms with Crippen molar-refractivity contribution in [2.45, 2.75) is 31.8 Å². The molecule has 1 saturated heterocycles. The number of nitrogens with zero attached hydrogens (tertiary/aromatic N) is 2. The number of carbonyl (C=O) groups excluding carboxylic acids is 3. The lowest BCUT2D eigenvalue weighted by Gasteiger charge is -2.33. The minimum absolute atomic E-state index is 0.292. The molecule has 1 aromatic heterocycles. The lowest BCUT2D eigenvalue weighted by atomic mass is 9.93. The summed E-state index contributed by atoms with van der Waals surface area (Å²) in [6.45, 7) is 2.39. The van der Waals surface area contributed by atoms with Crippen LogP contribution in [0.1, 0.15) is 40.1 Å². The molecule has 36 heavy (non-hydrogen) atoms. The second-order valence-electron chi connectivity index (χ2n) is 9.33. The fourth-order valence-corrected chi connectivity index (χ4v) is 5.50. The first-order chi connectivity index (χ1) is 17.5. The summed E-state index contributed by atoms with van der Waals surface area (Å²) in [5.41, 5.74) is 4.79. The summed E-state index contributed by atoms with van der Waals surface area (Å²) in [5, 5.41) is 4.02. The highest BCUT2D eigenvalue weighted by molar-refractivity contribution is 6.24. The number of hydrogen-bond acceptors (Lipinski definition) is 3. The van der Waals surface area contributed by atoms with Gasteiger partial charge in [-0.3, -0.25) is 9.59 Å². The van der Waals surface area contributed by atoms with E-state index >= 15 is 0 Å². The van der Waals surface area contributed by atoms with Crippen molar-refractivity contribution in [1.29, 1.82) is 0 Å². The van der Waals surface area contributed by atoms with Crippen LogP contribution in [0.15, 0.2) is 78.9 Å². The van der Waals surface area contributed by atoms with Gasteiger partial charge in [0.05, 0.1) is 17.3 Å². The molecule has 0 spiro atoms. The minimum Gasteiger partial charge on any atom is -0.356 e. The number of rotatable bonds is 5. The van der Waals surface area contributed by atoms with Crippen molar-refractivity contribution in [3.8, 4) is 0 Å². The molecule has 2 N–H and O–H groups in total. The Bertz CT molecular complexity index is 1490. The molecule has 2 aliphatic rings. The highest BCUT2D eigenvalue weighted by Crippen LogP contribution is 2.42. The summed E-state index contributed by atoms with van der Waals surface area (Å²) in [6, 6.07) is 23.4. The van der Waals surface area contributed by atoms with Crippen LogP contribution in [-0.4, -0.2) is 40.3 Å². The summed E-state index contributed by atoms with van der Waals surface area (Å²) >= 11 is 0. The summed E-state index contributed by atoms with van der Waals surface area (Å²) in [4.78, 5) is 46.7. The monoisotopic (exact) mass is 478 g/mol. The summed E-state index contributed by atoms with van der Waals surface area (Å²) in [5.74, 6) is -0.608. The number of nitrogens with one attached hydrogen (secondary N) is 2. The topological polar surface area (TPSA) is 85.5 Å². The normalized spacial score (nSPS) is 18.9. The Morgan fingerprint density at radius 2 is 1.69 bits per heavy atom. The molecule has 3 heterocycles. The van der Waals surface area contributed by atoms with Gasteiger partial charge in [0.25, 0.3) is 11.8 Å². The molecule has 4 amide bonds. The Balaban J connectivity index is 1.27. The van der Waals surface area contributed by atoms with Gasteiger partial charge >= 0.3 is 6.03 Å². The quantitative estimate of drug-likeness (QED) is 0.411. The highest BCUT2D eigenvalue weighted by atomic mass is 16.2. The van der Waals surface area contributed by atoms with Crippen molar-refractivity contribution in [3.05, 3.63) is 101 Å². The van der Waals surface area contributed by atoms with Gasteiger partial charge in [-0.15, -0.1) is 0 Å². The van der Waals surface area contributed by atoms with Crippen LogP contribution >= 0.6 is 0 Å². The lowest BCUT2D eigenvalue weighted by molar-refractivity contribution is -0.120. The van der Waals surface area contributed by atoms with E-state index in [1.807, 2.05) is 61.5 Å². The largest absolute Gasteiger partial charge is 0.356 e. The predicted molar refractivity (Wildman–Crippen MR) is 138 cm³/mol. The predicted octanol–water partition coefficient (Wildman–Crippen LogP) is 4.59. The lowest BCUT2D eigenvalue weighted by Crippen LogP contribution is -2.42.